The quantitative estimate of drug-likeness (QED) is 0.639. The summed E-state index contributed by atoms with van der Waals surface area (Å²) in [5.41, 5.74) is 0.454. The number of carbonyl (C=O) groups is 1. The summed E-state index contributed by atoms with van der Waals surface area (Å²) in [5, 5.41) is 11.7. The molecule has 3 aromatic heterocycles. The van der Waals surface area contributed by atoms with Crippen molar-refractivity contribution in [3.8, 4) is 10.6 Å². The first-order chi connectivity index (χ1) is 14.1. The van der Waals surface area contributed by atoms with Crippen molar-refractivity contribution >= 4 is 28.1 Å². The zero-order valence-electron chi connectivity index (χ0n) is 18.0. The lowest BCUT2D eigenvalue weighted by Crippen LogP contribution is -2.50. The van der Waals surface area contributed by atoms with E-state index in [1.165, 1.54) is 4.68 Å². The van der Waals surface area contributed by atoms with Crippen LogP contribution in [0.2, 0.25) is 0 Å². The minimum Gasteiger partial charge on any atom is -0.372 e. The number of ether oxygens (including phenoxy) is 1. The second-order valence-electron chi connectivity index (χ2n) is 8.83. The maximum atomic E-state index is 13.4. The fraction of sp³-hybridized carbons (Fsp3) is 0.524. The average Bonchev–Trinajstić information content (AvgIpc) is 3.32. The first-order valence-electron chi connectivity index (χ1n) is 10.1. The molecule has 0 bridgehead atoms. The monoisotopic (exact) mass is 429 g/mol. The van der Waals surface area contributed by atoms with Crippen molar-refractivity contribution in [2.45, 2.75) is 58.9 Å². The van der Waals surface area contributed by atoms with Crippen LogP contribution >= 0.6 is 11.3 Å². The standard InChI is InChI=1S/C21H27N5O3S/c1-13-10-24(11-14(2)29-13)17(27)12-25-20(28)19-15(9-22-26(19)21(3,4)5)18(23-25)16-7-6-8-30-16/h6-9,13-14H,10-12H2,1-5H3. The van der Waals surface area contributed by atoms with Crippen molar-refractivity contribution in [3.05, 3.63) is 34.1 Å². The number of aromatic nitrogens is 4. The number of nitrogens with zero attached hydrogens (tertiary/aromatic N) is 5. The Balaban J connectivity index is 1.81. The number of amides is 1. The van der Waals surface area contributed by atoms with Crippen LogP contribution in [0.5, 0.6) is 0 Å². The minimum absolute atomic E-state index is 0.0335. The third-order valence-electron chi connectivity index (χ3n) is 5.13. The molecule has 4 rings (SSSR count). The van der Waals surface area contributed by atoms with E-state index >= 15 is 0 Å². The average molecular weight is 430 g/mol. The maximum absolute atomic E-state index is 13.4. The molecule has 0 aliphatic carbocycles. The van der Waals surface area contributed by atoms with Crippen molar-refractivity contribution < 1.29 is 9.53 Å². The third-order valence-corrected chi connectivity index (χ3v) is 6.01. The molecule has 0 radical (unpaired) electrons. The minimum atomic E-state index is -0.383. The lowest BCUT2D eigenvalue weighted by atomic mass is 10.1. The molecule has 4 heterocycles. The Labute approximate surface area is 179 Å². The predicted molar refractivity (Wildman–Crippen MR) is 117 cm³/mol. The van der Waals surface area contributed by atoms with E-state index in [2.05, 4.69) is 10.2 Å². The van der Waals surface area contributed by atoms with Gasteiger partial charge in [0.1, 0.15) is 17.8 Å². The SMILES string of the molecule is CC1CN(C(=O)Cn2nc(-c3cccs3)c3cnn(C(C)(C)C)c3c2=O)CC(C)O1. The summed E-state index contributed by atoms with van der Waals surface area (Å²) in [7, 11) is 0. The van der Waals surface area contributed by atoms with Crippen molar-refractivity contribution in [3.63, 3.8) is 0 Å². The Morgan fingerprint density at radius 1 is 1.27 bits per heavy atom. The highest BCUT2D eigenvalue weighted by Crippen LogP contribution is 2.30. The number of morpholine rings is 1. The largest absolute Gasteiger partial charge is 0.372 e. The highest BCUT2D eigenvalue weighted by molar-refractivity contribution is 7.13. The lowest BCUT2D eigenvalue weighted by Gasteiger charge is -2.35. The van der Waals surface area contributed by atoms with E-state index < -0.39 is 0 Å². The van der Waals surface area contributed by atoms with Crippen molar-refractivity contribution in [2.75, 3.05) is 13.1 Å². The Kier molecular flexibility index (Phi) is 5.27. The summed E-state index contributed by atoms with van der Waals surface area (Å²) in [6.45, 7) is 10.8. The fourth-order valence-electron chi connectivity index (χ4n) is 3.89. The van der Waals surface area contributed by atoms with E-state index in [9.17, 15) is 9.59 Å². The summed E-state index contributed by atoms with van der Waals surface area (Å²) >= 11 is 1.54. The molecule has 0 spiro atoms. The molecule has 1 aliphatic rings. The van der Waals surface area contributed by atoms with Gasteiger partial charge in [0.25, 0.3) is 5.56 Å². The van der Waals surface area contributed by atoms with Crippen molar-refractivity contribution in [2.24, 2.45) is 0 Å². The second kappa shape index (κ2) is 7.63. The van der Waals surface area contributed by atoms with Crippen molar-refractivity contribution in [1.29, 1.82) is 0 Å². The van der Waals surface area contributed by atoms with Gasteiger partial charge in [-0.3, -0.25) is 14.3 Å². The Morgan fingerprint density at radius 2 is 1.97 bits per heavy atom. The zero-order chi connectivity index (χ0) is 21.6. The molecule has 1 saturated heterocycles. The molecule has 0 saturated carbocycles. The van der Waals surface area contributed by atoms with Crippen LogP contribution in [-0.4, -0.2) is 55.7 Å². The molecule has 1 aliphatic heterocycles. The van der Waals surface area contributed by atoms with Crippen LogP contribution in [0.15, 0.2) is 28.5 Å². The first kappa shape index (κ1) is 20.7. The van der Waals surface area contributed by atoms with Crippen LogP contribution in [0.25, 0.3) is 21.5 Å². The van der Waals surface area contributed by atoms with Gasteiger partial charge >= 0.3 is 0 Å². The molecule has 2 unspecified atom stereocenters. The molecule has 160 valence electrons. The van der Waals surface area contributed by atoms with Gasteiger partial charge in [0.05, 0.1) is 34.2 Å². The van der Waals surface area contributed by atoms with E-state index in [1.807, 2.05) is 52.1 Å². The van der Waals surface area contributed by atoms with Gasteiger partial charge in [-0.1, -0.05) is 6.07 Å². The Hall–Kier alpha value is -2.52. The molecule has 9 heteroatoms. The number of fused-ring (bicyclic) bond motifs is 1. The number of thiophene rings is 1. The molecule has 8 nitrogen and oxygen atoms in total. The Bertz CT molecular complexity index is 1120. The molecule has 1 fully saturated rings. The van der Waals surface area contributed by atoms with E-state index in [4.69, 9.17) is 4.74 Å². The summed E-state index contributed by atoms with van der Waals surface area (Å²) in [6, 6.07) is 3.90. The Morgan fingerprint density at radius 3 is 2.57 bits per heavy atom. The number of hydrogen-bond acceptors (Lipinski definition) is 6. The molecule has 3 aromatic rings. The van der Waals surface area contributed by atoms with E-state index in [0.29, 0.717) is 29.7 Å². The first-order valence-corrected chi connectivity index (χ1v) is 11.0. The molecular formula is C21H27N5O3S. The summed E-state index contributed by atoms with van der Waals surface area (Å²) in [4.78, 5) is 29.1. The topological polar surface area (TPSA) is 82.3 Å². The lowest BCUT2D eigenvalue weighted by molar-refractivity contribution is -0.144. The van der Waals surface area contributed by atoms with Crippen LogP contribution in [-0.2, 0) is 21.6 Å². The van der Waals surface area contributed by atoms with Crippen LogP contribution in [0, 0.1) is 0 Å². The molecule has 1 amide bonds. The molecular weight excluding hydrogens is 402 g/mol. The van der Waals surface area contributed by atoms with E-state index in [-0.39, 0.29) is 35.8 Å². The zero-order valence-corrected chi connectivity index (χ0v) is 18.8. The maximum Gasteiger partial charge on any atom is 0.293 e. The van der Waals surface area contributed by atoms with Gasteiger partial charge in [0.15, 0.2) is 0 Å². The van der Waals surface area contributed by atoms with E-state index in [0.717, 1.165) is 4.88 Å². The molecule has 30 heavy (non-hydrogen) atoms. The number of carbonyl (C=O) groups excluding carboxylic acids is 1. The van der Waals surface area contributed by atoms with Gasteiger partial charge in [-0.25, -0.2) is 4.68 Å². The van der Waals surface area contributed by atoms with Gasteiger partial charge in [0.2, 0.25) is 5.91 Å². The molecule has 2 atom stereocenters. The molecule has 0 aromatic carbocycles. The highest BCUT2D eigenvalue weighted by atomic mass is 32.1. The van der Waals surface area contributed by atoms with Crippen molar-refractivity contribution in [1.82, 2.24) is 24.5 Å². The number of rotatable bonds is 3. The summed E-state index contributed by atoms with van der Waals surface area (Å²) in [5.74, 6) is -0.134. The van der Waals surface area contributed by atoms with Crippen LogP contribution in [0.3, 0.4) is 0 Å². The van der Waals surface area contributed by atoms with Gasteiger partial charge in [0, 0.05) is 13.1 Å². The summed E-state index contributed by atoms with van der Waals surface area (Å²) < 4.78 is 8.73. The van der Waals surface area contributed by atoms with Crippen LogP contribution in [0.1, 0.15) is 34.6 Å². The summed E-state index contributed by atoms with van der Waals surface area (Å²) in [6.07, 6.45) is 1.63. The van der Waals surface area contributed by atoms with Gasteiger partial charge in [-0.05, 0) is 46.1 Å². The third kappa shape index (κ3) is 3.79. The normalized spacial score (nSPS) is 20.1. The van der Waals surface area contributed by atoms with Gasteiger partial charge in [-0.15, -0.1) is 11.3 Å². The smallest absolute Gasteiger partial charge is 0.293 e. The molecule has 0 N–H and O–H groups in total. The predicted octanol–water partition coefficient (Wildman–Crippen LogP) is 2.71. The fourth-order valence-corrected chi connectivity index (χ4v) is 4.61. The number of hydrogen-bond donors (Lipinski definition) is 0. The van der Waals surface area contributed by atoms with Gasteiger partial charge in [-0.2, -0.15) is 10.2 Å². The van der Waals surface area contributed by atoms with E-state index in [1.54, 1.807) is 27.1 Å². The van der Waals surface area contributed by atoms with Crippen LogP contribution < -0.4 is 5.56 Å². The second-order valence-corrected chi connectivity index (χ2v) is 9.78. The van der Waals surface area contributed by atoms with Gasteiger partial charge < -0.3 is 9.64 Å². The highest BCUT2D eigenvalue weighted by Gasteiger charge is 2.28. The van der Waals surface area contributed by atoms with Crippen LogP contribution in [0.4, 0.5) is 0 Å².